The van der Waals surface area contributed by atoms with E-state index in [1.165, 1.54) is 43.2 Å². The van der Waals surface area contributed by atoms with Gasteiger partial charge in [-0.05, 0) is 105 Å². The molecule has 10 heteroatoms. The first kappa shape index (κ1) is 34.6. The average Bonchev–Trinajstić information content (AvgIpc) is 2.97. The number of aliphatic carboxylic acids is 1. The molecule has 2 heterocycles. The zero-order chi connectivity index (χ0) is 28.5. The first-order chi connectivity index (χ1) is 18.8. The molecule has 2 aromatic rings. The molecular formula is C30H39ClF2N2O5. The van der Waals surface area contributed by atoms with Gasteiger partial charge < -0.3 is 24.8 Å². The minimum absolute atomic E-state index is 0. The first-order valence-electron chi connectivity index (χ1n) is 13.0. The maximum absolute atomic E-state index is 12.7. The fourth-order valence-electron chi connectivity index (χ4n) is 3.99. The molecule has 0 radical (unpaired) electrons. The van der Waals surface area contributed by atoms with Crippen LogP contribution >= 0.6 is 12.4 Å². The van der Waals surface area contributed by atoms with Crippen molar-refractivity contribution < 1.29 is 33.0 Å². The molecule has 1 amide bonds. The van der Waals surface area contributed by atoms with Crippen LogP contribution in [0, 0.1) is 23.5 Å². The van der Waals surface area contributed by atoms with Crippen LogP contribution in [0.5, 0.6) is 11.5 Å². The van der Waals surface area contributed by atoms with Crippen LogP contribution in [0.1, 0.15) is 25.7 Å². The lowest BCUT2D eigenvalue weighted by molar-refractivity contribution is -0.131. The summed E-state index contributed by atoms with van der Waals surface area (Å²) in [5.41, 5.74) is 0. The van der Waals surface area contributed by atoms with E-state index in [2.05, 4.69) is 18.5 Å². The molecule has 0 saturated carbocycles. The Morgan fingerprint density at radius 2 is 1.23 bits per heavy atom. The smallest absolute Gasteiger partial charge is 0.327 e. The molecular weight excluding hydrogens is 542 g/mol. The minimum Gasteiger partial charge on any atom is -0.493 e. The highest BCUT2D eigenvalue weighted by Crippen LogP contribution is 2.20. The highest BCUT2D eigenvalue weighted by molar-refractivity contribution is 5.87. The highest BCUT2D eigenvalue weighted by atomic mass is 35.5. The van der Waals surface area contributed by atoms with E-state index >= 15 is 0 Å². The number of carbonyl (C=O) groups is 2. The Kier molecular flexibility index (Phi) is 17.0. The number of carbonyl (C=O) groups excluding carboxylic acids is 1. The first-order valence-corrected chi connectivity index (χ1v) is 13.0. The summed E-state index contributed by atoms with van der Waals surface area (Å²) in [6.07, 6.45) is 6.39. The number of nitrogens with zero attached hydrogens (tertiary/aromatic N) is 1. The second-order valence-corrected chi connectivity index (χ2v) is 9.24. The van der Waals surface area contributed by atoms with Crippen molar-refractivity contribution in [2.45, 2.75) is 25.7 Å². The van der Waals surface area contributed by atoms with Crippen LogP contribution in [-0.2, 0) is 9.59 Å². The van der Waals surface area contributed by atoms with E-state index in [0.717, 1.165) is 57.5 Å². The number of carboxylic acids is 1. The van der Waals surface area contributed by atoms with Gasteiger partial charge in [0.05, 0.1) is 13.2 Å². The number of halogens is 3. The van der Waals surface area contributed by atoms with Crippen LogP contribution in [0.3, 0.4) is 0 Å². The SMILES string of the molecule is C=CC(=O)N1CCC(COc2ccc(F)cc2)CC1.C=CC(=O)O.Cl.Fc1ccc(OCC2CCNCC2)cc1. The van der Waals surface area contributed by atoms with E-state index in [9.17, 15) is 18.4 Å². The summed E-state index contributed by atoms with van der Waals surface area (Å²) < 4.78 is 36.6. The van der Waals surface area contributed by atoms with Crippen molar-refractivity contribution in [3.8, 4) is 11.5 Å². The maximum Gasteiger partial charge on any atom is 0.327 e. The Morgan fingerprint density at radius 3 is 1.60 bits per heavy atom. The topological polar surface area (TPSA) is 88.1 Å². The van der Waals surface area contributed by atoms with Crippen LogP contribution in [0.15, 0.2) is 73.8 Å². The van der Waals surface area contributed by atoms with Gasteiger partial charge in [0.25, 0.3) is 0 Å². The zero-order valence-corrected chi connectivity index (χ0v) is 23.4. The third-order valence-corrected chi connectivity index (χ3v) is 6.33. The normalized spacial score (nSPS) is 15.1. The third-order valence-electron chi connectivity index (χ3n) is 6.33. The summed E-state index contributed by atoms with van der Waals surface area (Å²) in [4.78, 5) is 22.5. The van der Waals surface area contributed by atoms with Gasteiger partial charge in [-0.25, -0.2) is 13.6 Å². The quantitative estimate of drug-likeness (QED) is 0.400. The van der Waals surface area contributed by atoms with Crippen molar-refractivity contribution in [2.75, 3.05) is 39.4 Å². The highest BCUT2D eigenvalue weighted by Gasteiger charge is 2.21. The van der Waals surface area contributed by atoms with E-state index in [0.29, 0.717) is 24.2 Å². The van der Waals surface area contributed by atoms with Crippen LogP contribution in [0.2, 0.25) is 0 Å². The number of benzene rings is 2. The van der Waals surface area contributed by atoms with Crippen LogP contribution in [0.25, 0.3) is 0 Å². The summed E-state index contributed by atoms with van der Waals surface area (Å²) in [6.45, 7) is 11.5. The number of hydrogen-bond acceptors (Lipinski definition) is 5. The van der Waals surface area contributed by atoms with Gasteiger partial charge in [0.2, 0.25) is 5.91 Å². The third kappa shape index (κ3) is 14.1. The standard InChI is InChI=1S/C15H18FNO2.C12H16FNO.C3H4O2.ClH/c1-2-15(18)17-9-7-12(8-10-17)11-19-14-5-3-13(16)4-6-14;13-11-1-3-12(4-2-11)15-9-10-5-7-14-8-6-10;1-2-3(4)5;/h2-6,12H,1,7-11H2;1-4,10,14H,5-9H2;2H,1H2,(H,4,5);1H. The summed E-state index contributed by atoms with van der Waals surface area (Å²) in [5.74, 6) is 1.06. The van der Waals surface area contributed by atoms with Gasteiger partial charge in [0, 0.05) is 19.2 Å². The second-order valence-electron chi connectivity index (χ2n) is 9.24. The van der Waals surface area contributed by atoms with Crippen molar-refractivity contribution in [3.63, 3.8) is 0 Å². The average molecular weight is 581 g/mol. The lowest BCUT2D eigenvalue weighted by Crippen LogP contribution is -2.38. The van der Waals surface area contributed by atoms with Crippen LogP contribution in [-0.4, -0.2) is 61.3 Å². The number of ether oxygens (including phenoxy) is 2. The molecule has 40 heavy (non-hydrogen) atoms. The molecule has 7 nitrogen and oxygen atoms in total. The molecule has 2 saturated heterocycles. The summed E-state index contributed by atoms with van der Waals surface area (Å²) in [5, 5.41) is 10.9. The fourth-order valence-corrected chi connectivity index (χ4v) is 3.99. The molecule has 0 spiro atoms. The second kappa shape index (κ2) is 19.6. The molecule has 220 valence electrons. The zero-order valence-electron chi connectivity index (χ0n) is 22.6. The number of likely N-dealkylation sites (tertiary alicyclic amines) is 1. The predicted octanol–water partition coefficient (Wildman–Crippen LogP) is 5.51. The number of rotatable bonds is 8. The molecule has 0 atom stereocenters. The van der Waals surface area contributed by atoms with Gasteiger partial charge in [-0.15, -0.1) is 12.4 Å². The monoisotopic (exact) mass is 580 g/mol. The molecule has 2 aliphatic rings. The van der Waals surface area contributed by atoms with Crippen molar-refractivity contribution in [1.82, 2.24) is 10.2 Å². The van der Waals surface area contributed by atoms with Crippen molar-refractivity contribution >= 4 is 24.3 Å². The Labute approximate surface area is 241 Å². The molecule has 2 aromatic carbocycles. The van der Waals surface area contributed by atoms with Gasteiger partial charge >= 0.3 is 5.97 Å². The van der Waals surface area contributed by atoms with E-state index in [4.69, 9.17) is 14.6 Å². The Hall–Kier alpha value is -3.43. The van der Waals surface area contributed by atoms with E-state index in [1.807, 2.05) is 0 Å². The molecule has 2 fully saturated rings. The van der Waals surface area contributed by atoms with Crippen molar-refractivity contribution in [3.05, 3.63) is 85.5 Å². The molecule has 0 bridgehead atoms. The molecule has 0 aliphatic carbocycles. The van der Waals surface area contributed by atoms with Crippen molar-refractivity contribution in [2.24, 2.45) is 11.8 Å². The number of nitrogens with one attached hydrogen (secondary N) is 1. The van der Waals surface area contributed by atoms with E-state index in [1.54, 1.807) is 29.2 Å². The summed E-state index contributed by atoms with van der Waals surface area (Å²) >= 11 is 0. The number of amides is 1. The molecule has 2 aliphatic heterocycles. The molecule has 2 N–H and O–H groups in total. The van der Waals surface area contributed by atoms with Gasteiger partial charge in [0.15, 0.2) is 0 Å². The Bertz CT molecular complexity index is 1020. The van der Waals surface area contributed by atoms with Crippen molar-refractivity contribution in [1.29, 1.82) is 0 Å². The van der Waals surface area contributed by atoms with Crippen LogP contribution in [0.4, 0.5) is 8.78 Å². The molecule has 0 aromatic heterocycles. The molecule has 0 unspecified atom stereocenters. The van der Waals surface area contributed by atoms with Gasteiger partial charge in [-0.3, -0.25) is 4.79 Å². The van der Waals surface area contributed by atoms with Gasteiger partial charge in [-0.2, -0.15) is 0 Å². The minimum atomic E-state index is -0.981. The van der Waals surface area contributed by atoms with E-state index < -0.39 is 5.97 Å². The van der Waals surface area contributed by atoms with E-state index in [-0.39, 0.29) is 29.9 Å². The lowest BCUT2D eigenvalue weighted by atomic mass is 9.98. The summed E-state index contributed by atoms with van der Waals surface area (Å²) in [6, 6.07) is 12.3. The maximum atomic E-state index is 12.7. The number of hydrogen-bond donors (Lipinski definition) is 2. The Morgan fingerprint density at radius 1 is 0.825 bits per heavy atom. The fraction of sp³-hybridized carbons (Fsp3) is 0.400. The van der Waals surface area contributed by atoms with Gasteiger partial charge in [0.1, 0.15) is 23.1 Å². The Balaban J connectivity index is 0.000000341. The number of piperidine rings is 2. The van der Waals surface area contributed by atoms with Gasteiger partial charge in [-0.1, -0.05) is 13.2 Å². The molecule has 4 rings (SSSR count). The van der Waals surface area contributed by atoms with Crippen LogP contribution < -0.4 is 14.8 Å². The lowest BCUT2D eigenvalue weighted by Gasteiger charge is -2.31. The number of carboxylic acid groups (broad SMARTS) is 1. The predicted molar refractivity (Wildman–Crippen MR) is 154 cm³/mol. The largest absolute Gasteiger partial charge is 0.493 e. The summed E-state index contributed by atoms with van der Waals surface area (Å²) in [7, 11) is 0.